The number of aryl methyl sites for hydroxylation is 1. The highest BCUT2D eigenvalue weighted by molar-refractivity contribution is 6.31. The van der Waals surface area contributed by atoms with Crippen molar-refractivity contribution in [1.29, 1.82) is 0 Å². The molecule has 2 rings (SSSR count). The largest absolute Gasteiger partial charge is 0.347 e. The molecule has 0 radical (unpaired) electrons. The average molecular weight is 264 g/mol. The number of aromatic nitrogens is 2. The van der Waals surface area contributed by atoms with E-state index in [-0.39, 0.29) is 5.91 Å². The zero-order chi connectivity index (χ0) is 13.0. The van der Waals surface area contributed by atoms with E-state index in [4.69, 9.17) is 11.6 Å². The van der Waals surface area contributed by atoms with Gasteiger partial charge in [-0.1, -0.05) is 29.8 Å². The van der Waals surface area contributed by atoms with Crippen LogP contribution in [0.2, 0.25) is 5.02 Å². The molecule has 0 aliphatic rings. The van der Waals surface area contributed by atoms with Crippen molar-refractivity contribution in [3.63, 3.8) is 0 Å². The van der Waals surface area contributed by atoms with Crippen LogP contribution in [0.3, 0.4) is 0 Å². The molecule has 1 amide bonds. The van der Waals surface area contributed by atoms with Gasteiger partial charge in [0, 0.05) is 24.3 Å². The fraction of sp³-hybridized carbons (Fsp3) is 0.231. The van der Waals surface area contributed by atoms with Gasteiger partial charge in [0.15, 0.2) is 0 Å². The maximum atomic E-state index is 11.8. The Balaban J connectivity index is 1.98. The topological polar surface area (TPSA) is 46.9 Å². The van der Waals surface area contributed by atoms with Gasteiger partial charge in [-0.3, -0.25) is 9.48 Å². The molecule has 0 fully saturated rings. The first-order valence-electron chi connectivity index (χ1n) is 5.75. The van der Waals surface area contributed by atoms with E-state index in [1.807, 2.05) is 25.1 Å². The van der Waals surface area contributed by atoms with Gasteiger partial charge < -0.3 is 5.32 Å². The first-order valence-corrected chi connectivity index (χ1v) is 6.13. The number of amides is 1. The van der Waals surface area contributed by atoms with E-state index < -0.39 is 0 Å². The van der Waals surface area contributed by atoms with Crippen LogP contribution >= 0.6 is 11.6 Å². The summed E-state index contributed by atoms with van der Waals surface area (Å²) in [7, 11) is 0. The highest BCUT2D eigenvalue weighted by Crippen LogP contribution is 2.14. The van der Waals surface area contributed by atoms with Gasteiger partial charge >= 0.3 is 0 Å². The van der Waals surface area contributed by atoms with Crippen LogP contribution in [0, 0.1) is 0 Å². The summed E-state index contributed by atoms with van der Waals surface area (Å²) < 4.78 is 1.71. The van der Waals surface area contributed by atoms with Gasteiger partial charge in [0.1, 0.15) is 5.69 Å². The molecule has 0 saturated heterocycles. The molecule has 94 valence electrons. The van der Waals surface area contributed by atoms with E-state index in [0.29, 0.717) is 17.3 Å². The summed E-state index contributed by atoms with van der Waals surface area (Å²) in [5.74, 6) is -0.192. The Bertz CT molecular complexity index is 551. The third-order valence-electron chi connectivity index (χ3n) is 2.59. The molecular formula is C13H14ClN3O. The van der Waals surface area contributed by atoms with Gasteiger partial charge in [-0.05, 0) is 24.6 Å². The number of carbonyl (C=O) groups excluding carboxylic acids is 1. The van der Waals surface area contributed by atoms with Crippen molar-refractivity contribution in [2.75, 3.05) is 0 Å². The minimum atomic E-state index is -0.192. The van der Waals surface area contributed by atoms with E-state index >= 15 is 0 Å². The standard InChI is InChI=1S/C13H14ClN3O/c1-2-17-8-7-12(16-17)13(18)15-9-10-5-3-4-6-11(10)14/h3-8H,2,9H2,1H3,(H,15,18). The molecule has 1 aromatic carbocycles. The Morgan fingerprint density at radius 1 is 1.39 bits per heavy atom. The lowest BCUT2D eigenvalue weighted by atomic mass is 10.2. The lowest BCUT2D eigenvalue weighted by Gasteiger charge is -2.05. The summed E-state index contributed by atoms with van der Waals surface area (Å²) in [6.45, 7) is 3.12. The van der Waals surface area contributed by atoms with Crippen molar-refractivity contribution in [3.8, 4) is 0 Å². The van der Waals surface area contributed by atoms with Crippen LogP contribution < -0.4 is 5.32 Å². The number of rotatable bonds is 4. The number of carbonyl (C=O) groups is 1. The van der Waals surface area contributed by atoms with Crippen LogP contribution in [-0.4, -0.2) is 15.7 Å². The van der Waals surface area contributed by atoms with Gasteiger partial charge in [-0.25, -0.2) is 0 Å². The zero-order valence-corrected chi connectivity index (χ0v) is 10.8. The van der Waals surface area contributed by atoms with Crippen molar-refractivity contribution in [3.05, 3.63) is 52.8 Å². The van der Waals surface area contributed by atoms with Crippen LogP contribution in [0.5, 0.6) is 0 Å². The normalized spacial score (nSPS) is 10.3. The van der Waals surface area contributed by atoms with Gasteiger partial charge in [0.05, 0.1) is 0 Å². The molecule has 0 bridgehead atoms. The highest BCUT2D eigenvalue weighted by Gasteiger charge is 2.09. The number of hydrogen-bond acceptors (Lipinski definition) is 2. The predicted molar refractivity (Wildman–Crippen MR) is 70.5 cm³/mol. The van der Waals surface area contributed by atoms with Crippen molar-refractivity contribution >= 4 is 17.5 Å². The van der Waals surface area contributed by atoms with Gasteiger partial charge in [0.25, 0.3) is 5.91 Å². The maximum absolute atomic E-state index is 11.8. The Morgan fingerprint density at radius 2 is 2.17 bits per heavy atom. The average Bonchev–Trinajstić information content (AvgIpc) is 2.86. The summed E-state index contributed by atoms with van der Waals surface area (Å²) in [6, 6.07) is 9.13. The molecular weight excluding hydrogens is 250 g/mol. The predicted octanol–water partition coefficient (Wildman–Crippen LogP) is 2.49. The van der Waals surface area contributed by atoms with Crippen LogP contribution in [0.1, 0.15) is 23.0 Å². The molecule has 0 aliphatic heterocycles. The summed E-state index contributed by atoms with van der Waals surface area (Å²) >= 11 is 6.01. The van der Waals surface area contributed by atoms with Crippen molar-refractivity contribution in [2.45, 2.75) is 20.0 Å². The third-order valence-corrected chi connectivity index (χ3v) is 2.96. The SMILES string of the molecule is CCn1ccc(C(=O)NCc2ccccc2Cl)n1. The molecule has 0 spiro atoms. The number of benzene rings is 1. The molecule has 0 unspecified atom stereocenters. The van der Waals surface area contributed by atoms with E-state index in [9.17, 15) is 4.79 Å². The maximum Gasteiger partial charge on any atom is 0.272 e. The molecule has 1 N–H and O–H groups in total. The van der Waals surface area contributed by atoms with Gasteiger partial charge in [-0.2, -0.15) is 5.10 Å². The molecule has 2 aromatic rings. The van der Waals surface area contributed by atoms with Crippen LogP contribution in [0.25, 0.3) is 0 Å². The number of hydrogen-bond donors (Lipinski definition) is 1. The fourth-order valence-corrected chi connectivity index (χ4v) is 1.77. The van der Waals surface area contributed by atoms with E-state index in [0.717, 1.165) is 12.1 Å². The second kappa shape index (κ2) is 5.69. The monoisotopic (exact) mass is 263 g/mol. The van der Waals surface area contributed by atoms with Crippen LogP contribution in [0.15, 0.2) is 36.5 Å². The van der Waals surface area contributed by atoms with Gasteiger partial charge in [-0.15, -0.1) is 0 Å². The number of nitrogens with one attached hydrogen (secondary N) is 1. The molecule has 0 aliphatic carbocycles. The van der Waals surface area contributed by atoms with Crippen LogP contribution in [-0.2, 0) is 13.1 Å². The van der Waals surface area contributed by atoms with Crippen molar-refractivity contribution < 1.29 is 4.79 Å². The lowest BCUT2D eigenvalue weighted by molar-refractivity contribution is 0.0945. The van der Waals surface area contributed by atoms with Crippen molar-refractivity contribution in [1.82, 2.24) is 15.1 Å². The first-order chi connectivity index (χ1) is 8.70. The second-order valence-corrected chi connectivity index (χ2v) is 4.24. The minimum absolute atomic E-state index is 0.192. The summed E-state index contributed by atoms with van der Waals surface area (Å²) in [5.41, 5.74) is 1.31. The Kier molecular flexibility index (Phi) is 3.99. The molecule has 1 aromatic heterocycles. The molecule has 5 heteroatoms. The lowest BCUT2D eigenvalue weighted by Crippen LogP contribution is -2.23. The summed E-state index contributed by atoms with van der Waals surface area (Å²) in [5, 5.41) is 7.58. The summed E-state index contributed by atoms with van der Waals surface area (Å²) in [4.78, 5) is 11.8. The highest BCUT2D eigenvalue weighted by atomic mass is 35.5. The number of nitrogens with zero attached hydrogens (tertiary/aromatic N) is 2. The molecule has 4 nitrogen and oxygen atoms in total. The van der Waals surface area contributed by atoms with Crippen molar-refractivity contribution in [2.24, 2.45) is 0 Å². The quantitative estimate of drug-likeness (QED) is 0.921. The Morgan fingerprint density at radius 3 is 2.83 bits per heavy atom. The smallest absolute Gasteiger partial charge is 0.272 e. The van der Waals surface area contributed by atoms with E-state index in [1.54, 1.807) is 23.0 Å². The summed E-state index contributed by atoms with van der Waals surface area (Å²) in [6.07, 6.45) is 1.78. The van der Waals surface area contributed by atoms with E-state index in [2.05, 4.69) is 10.4 Å². The first kappa shape index (κ1) is 12.6. The van der Waals surface area contributed by atoms with Gasteiger partial charge in [0.2, 0.25) is 0 Å². The Labute approximate surface area is 111 Å². The zero-order valence-electron chi connectivity index (χ0n) is 10.1. The van der Waals surface area contributed by atoms with Crippen LogP contribution in [0.4, 0.5) is 0 Å². The number of halogens is 1. The Hall–Kier alpha value is -1.81. The molecule has 0 atom stereocenters. The third kappa shape index (κ3) is 2.90. The van der Waals surface area contributed by atoms with E-state index in [1.165, 1.54) is 0 Å². The minimum Gasteiger partial charge on any atom is -0.347 e. The molecule has 1 heterocycles. The molecule has 0 saturated carbocycles. The molecule has 18 heavy (non-hydrogen) atoms. The second-order valence-electron chi connectivity index (χ2n) is 3.83. The fourth-order valence-electron chi connectivity index (χ4n) is 1.57.